The number of anilines is 2. The third kappa shape index (κ3) is 3.51. The molecular formula is C18H19N3OS. The van der Waals surface area contributed by atoms with Gasteiger partial charge in [-0.05, 0) is 50.6 Å². The topological polar surface area (TPSA) is 54.0 Å². The number of rotatable bonds is 4. The van der Waals surface area contributed by atoms with Gasteiger partial charge in [0, 0.05) is 11.4 Å². The summed E-state index contributed by atoms with van der Waals surface area (Å²) in [7, 11) is 0. The van der Waals surface area contributed by atoms with Crippen LogP contribution in [0.1, 0.15) is 17.5 Å². The lowest BCUT2D eigenvalue weighted by atomic mass is 10.2. The van der Waals surface area contributed by atoms with Crippen molar-refractivity contribution in [2.75, 3.05) is 10.6 Å². The van der Waals surface area contributed by atoms with Gasteiger partial charge in [-0.1, -0.05) is 18.2 Å². The number of thiazole rings is 1. The zero-order valence-corrected chi connectivity index (χ0v) is 14.2. The molecule has 5 heteroatoms. The van der Waals surface area contributed by atoms with Gasteiger partial charge in [0.1, 0.15) is 6.04 Å². The Morgan fingerprint density at radius 3 is 2.74 bits per heavy atom. The van der Waals surface area contributed by atoms with Crippen molar-refractivity contribution < 1.29 is 4.79 Å². The molecular weight excluding hydrogens is 306 g/mol. The van der Waals surface area contributed by atoms with Gasteiger partial charge in [-0.2, -0.15) is 0 Å². The Morgan fingerprint density at radius 1 is 1.17 bits per heavy atom. The molecule has 0 saturated carbocycles. The average Bonchev–Trinajstić information content (AvgIpc) is 2.88. The number of carbonyl (C=O) groups excluding carboxylic acids is 1. The number of hydrogen-bond acceptors (Lipinski definition) is 4. The van der Waals surface area contributed by atoms with Gasteiger partial charge in [-0.3, -0.25) is 4.79 Å². The van der Waals surface area contributed by atoms with Crippen LogP contribution in [0, 0.1) is 13.8 Å². The van der Waals surface area contributed by atoms with Crippen molar-refractivity contribution in [1.29, 1.82) is 0 Å². The van der Waals surface area contributed by atoms with E-state index in [0.717, 1.165) is 32.2 Å². The first-order valence-electron chi connectivity index (χ1n) is 7.53. The highest BCUT2D eigenvalue weighted by Gasteiger charge is 2.14. The maximum absolute atomic E-state index is 12.4. The van der Waals surface area contributed by atoms with Gasteiger partial charge in [-0.15, -0.1) is 11.3 Å². The van der Waals surface area contributed by atoms with Crippen molar-refractivity contribution >= 4 is 38.8 Å². The highest BCUT2D eigenvalue weighted by atomic mass is 32.1. The van der Waals surface area contributed by atoms with Gasteiger partial charge in [-0.25, -0.2) is 4.98 Å². The minimum absolute atomic E-state index is 0.0557. The number of carbonyl (C=O) groups is 1. The van der Waals surface area contributed by atoms with Crippen molar-refractivity contribution in [2.45, 2.75) is 26.8 Å². The molecule has 1 amide bonds. The van der Waals surface area contributed by atoms with E-state index < -0.39 is 0 Å². The van der Waals surface area contributed by atoms with Gasteiger partial charge in [0.15, 0.2) is 0 Å². The van der Waals surface area contributed by atoms with Gasteiger partial charge >= 0.3 is 0 Å². The third-order valence-electron chi connectivity index (χ3n) is 3.67. The molecule has 2 N–H and O–H groups in total. The number of para-hydroxylation sites is 1. The molecule has 0 aliphatic rings. The number of nitrogens with one attached hydrogen (secondary N) is 2. The third-order valence-corrected chi connectivity index (χ3v) is 4.61. The lowest BCUT2D eigenvalue weighted by Gasteiger charge is -2.16. The number of aryl methyl sites for hydroxylation is 2. The highest BCUT2D eigenvalue weighted by molar-refractivity contribution is 7.18. The molecule has 0 aliphatic heterocycles. The van der Waals surface area contributed by atoms with Crippen molar-refractivity contribution in [2.24, 2.45) is 0 Å². The molecule has 1 heterocycles. The monoisotopic (exact) mass is 325 g/mol. The molecule has 0 saturated heterocycles. The van der Waals surface area contributed by atoms with Gasteiger partial charge in [0.2, 0.25) is 5.91 Å². The van der Waals surface area contributed by atoms with Crippen LogP contribution < -0.4 is 10.6 Å². The Hall–Kier alpha value is -2.40. The van der Waals surface area contributed by atoms with Crippen molar-refractivity contribution in [3.8, 4) is 0 Å². The first-order valence-corrected chi connectivity index (χ1v) is 8.35. The lowest BCUT2D eigenvalue weighted by Crippen LogP contribution is -2.32. The summed E-state index contributed by atoms with van der Waals surface area (Å²) >= 11 is 1.65. The molecule has 2 aromatic carbocycles. The van der Waals surface area contributed by atoms with Crippen LogP contribution in [0.25, 0.3) is 10.2 Å². The molecule has 4 nitrogen and oxygen atoms in total. The predicted molar refractivity (Wildman–Crippen MR) is 97.3 cm³/mol. The Kier molecular flexibility index (Phi) is 4.30. The summed E-state index contributed by atoms with van der Waals surface area (Å²) in [5, 5.41) is 7.25. The van der Waals surface area contributed by atoms with Gasteiger partial charge in [0.25, 0.3) is 0 Å². The summed E-state index contributed by atoms with van der Waals surface area (Å²) in [6.07, 6.45) is 0. The SMILES string of the molecule is Cc1nc2ccc(N[C@H](C)C(=O)Nc3ccccc3C)cc2s1. The van der Waals surface area contributed by atoms with Crippen LogP contribution in [-0.2, 0) is 4.79 Å². The first-order chi connectivity index (χ1) is 11.0. The average molecular weight is 325 g/mol. The minimum atomic E-state index is -0.332. The van der Waals surface area contributed by atoms with E-state index in [2.05, 4.69) is 15.6 Å². The Labute approximate surface area is 139 Å². The molecule has 3 rings (SSSR count). The molecule has 118 valence electrons. The molecule has 1 aromatic heterocycles. The Balaban J connectivity index is 1.70. The van der Waals surface area contributed by atoms with Crippen LogP contribution in [0.5, 0.6) is 0 Å². The van der Waals surface area contributed by atoms with Gasteiger partial charge in [0.05, 0.1) is 15.2 Å². The van der Waals surface area contributed by atoms with E-state index >= 15 is 0 Å². The second-order valence-electron chi connectivity index (χ2n) is 5.59. The fourth-order valence-electron chi connectivity index (χ4n) is 2.40. The zero-order valence-electron chi connectivity index (χ0n) is 13.4. The molecule has 0 spiro atoms. The normalized spacial score (nSPS) is 12.1. The minimum Gasteiger partial charge on any atom is -0.374 e. The predicted octanol–water partition coefficient (Wildman–Crippen LogP) is 4.35. The smallest absolute Gasteiger partial charge is 0.246 e. The van der Waals surface area contributed by atoms with Gasteiger partial charge < -0.3 is 10.6 Å². The fourth-order valence-corrected chi connectivity index (χ4v) is 3.27. The van der Waals surface area contributed by atoms with Crippen LogP contribution in [0.2, 0.25) is 0 Å². The number of amides is 1. The summed E-state index contributed by atoms with van der Waals surface area (Å²) in [6, 6.07) is 13.4. The van der Waals surface area contributed by atoms with E-state index in [1.165, 1.54) is 0 Å². The standard InChI is InChI=1S/C18H19N3OS/c1-11-6-4-5-7-15(11)21-18(22)12(2)19-14-8-9-16-17(10-14)23-13(3)20-16/h4-10,12,19H,1-3H3,(H,21,22)/t12-/m1/s1. The summed E-state index contributed by atoms with van der Waals surface area (Å²) in [5.74, 6) is -0.0557. The second kappa shape index (κ2) is 6.38. The maximum Gasteiger partial charge on any atom is 0.246 e. The number of benzene rings is 2. The summed E-state index contributed by atoms with van der Waals surface area (Å²) < 4.78 is 1.12. The van der Waals surface area contributed by atoms with E-state index in [0.29, 0.717) is 0 Å². The maximum atomic E-state index is 12.4. The van der Waals surface area contributed by atoms with Crippen LogP contribution in [0.15, 0.2) is 42.5 Å². The van der Waals surface area contributed by atoms with Crippen LogP contribution in [0.4, 0.5) is 11.4 Å². The van der Waals surface area contributed by atoms with E-state index in [9.17, 15) is 4.79 Å². The van der Waals surface area contributed by atoms with Crippen LogP contribution in [-0.4, -0.2) is 16.9 Å². The number of aromatic nitrogens is 1. The Morgan fingerprint density at radius 2 is 1.96 bits per heavy atom. The van der Waals surface area contributed by atoms with Crippen molar-refractivity contribution in [3.63, 3.8) is 0 Å². The zero-order chi connectivity index (χ0) is 16.4. The lowest BCUT2D eigenvalue weighted by molar-refractivity contribution is -0.116. The highest BCUT2D eigenvalue weighted by Crippen LogP contribution is 2.25. The quantitative estimate of drug-likeness (QED) is 0.749. The molecule has 1 atom stereocenters. The van der Waals surface area contributed by atoms with Crippen molar-refractivity contribution in [1.82, 2.24) is 4.98 Å². The molecule has 0 bridgehead atoms. The van der Waals surface area contributed by atoms with E-state index in [1.54, 1.807) is 11.3 Å². The molecule has 3 aromatic rings. The summed E-state index contributed by atoms with van der Waals surface area (Å²) in [6.45, 7) is 5.83. The molecule has 0 aliphatic carbocycles. The molecule has 23 heavy (non-hydrogen) atoms. The second-order valence-corrected chi connectivity index (χ2v) is 6.82. The van der Waals surface area contributed by atoms with E-state index in [1.807, 2.05) is 63.2 Å². The van der Waals surface area contributed by atoms with Crippen molar-refractivity contribution in [3.05, 3.63) is 53.0 Å². The van der Waals surface area contributed by atoms with E-state index in [-0.39, 0.29) is 11.9 Å². The number of nitrogens with zero attached hydrogens (tertiary/aromatic N) is 1. The molecule has 0 fully saturated rings. The van der Waals surface area contributed by atoms with Crippen LogP contribution >= 0.6 is 11.3 Å². The first kappa shape index (κ1) is 15.5. The summed E-state index contributed by atoms with van der Waals surface area (Å²) in [4.78, 5) is 16.8. The largest absolute Gasteiger partial charge is 0.374 e. The van der Waals surface area contributed by atoms with E-state index in [4.69, 9.17) is 0 Å². The van der Waals surface area contributed by atoms with Crippen LogP contribution in [0.3, 0.4) is 0 Å². The number of fused-ring (bicyclic) bond motifs is 1. The molecule has 0 radical (unpaired) electrons. The Bertz CT molecular complexity index is 856. The molecule has 0 unspecified atom stereocenters. The summed E-state index contributed by atoms with van der Waals surface area (Å²) in [5.41, 5.74) is 3.82. The fraction of sp³-hybridized carbons (Fsp3) is 0.222. The number of hydrogen-bond donors (Lipinski definition) is 2.